The monoisotopic (exact) mass is 191 g/mol. The maximum Gasteiger partial charge on any atom is 0.233 e. The van der Waals surface area contributed by atoms with E-state index in [-0.39, 0.29) is 0 Å². The van der Waals surface area contributed by atoms with Gasteiger partial charge in [0.1, 0.15) is 0 Å². The summed E-state index contributed by atoms with van der Waals surface area (Å²) in [5, 5.41) is 0. The van der Waals surface area contributed by atoms with Crippen molar-refractivity contribution in [2.24, 2.45) is 0 Å². The second-order valence-electron chi connectivity index (χ2n) is 3.13. The SMILES string of the molecule is CC.CC(C)c1cnc2ncccn12. The van der Waals surface area contributed by atoms with Crippen LogP contribution >= 0.6 is 0 Å². The zero-order chi connectivity index (χ0) is 10.6. The Bertz CT molecular complexity index is 390. The minimum Gasteiger partial charge on any atom is -0.288 e. The molecule has 0 unspecified atom stereocenters. The zero-order valence-corrected chi connectivity index (χ0v) is 9.23. The van der Waals surface area contributed by atoms with E-state index in [0.717, 1.165) is 5.78 Å². The molecule has 0 spiro atoms. The number of hydrogen-bond donors (Lipinski definition) is 0. The Balaban J connectivity index is 0.000000461. The van der Waals surface area contributed by atoms with Gasteiger partial charge in [-0.05, 0) is 12.0 Å². The number of imidazole rings is 1. The first kappa shape index (κ1) is 10.7. The molecule has 0 aliphatic carbocycles. The van der Waals surface area contributed by atoms with Crippen molar-refractivity contribution < 1.29 is 0 Å². The molecule has 2 aromatic rings. The maximum atomic E-state index is 4.19. The van der Waals surface area contributed by atoms with E-state index in [1.807, 2.05) is 36.7 Å². The van der Waals surface area contributed by atoms with Gasteiger partial charge >= 0.3 is 0 Å². The Morgan fingerprint density at radius 3 is 2.57 bits per heavy atom. The lowest BCUT2D eigenvalue weighted by Gasteiger charge is -2.02. The topological polar surface area (TPSA) is 30.2 Å². The van der Waals surface area contributed by atoms with E-state index in [2.05, 4.69) is 23.8 Å². The molecule has 0 aromatic carbocycles. The fourth-order valence-corrected chi connectivity index (χ4v) is 1.27. The molecule has 2 heterocycles. The molecule has 2 aromatic heterocycles. The molecule has 76 valence electrons. The summed E-state index contributed by atoms with van der Waals surface area (Å²) in [6.45, 7) is 8.30. The highest BCUT2D eigenvalue weighted by Gasteiger charge is 2.05. The Hall–Kier alpha value is -1.38. The minimum absolute atomic E-state index is 0.490. The second-order valence-corrected chi connectivity index (χ2v) is 3.13. The molecule has 0 aliphatic heterocycles. The molecule has 14 heavy (non-hydrogen) atoms. The maximum absolute atomic E-state index is 4.19. The highest BCUT2D eigenvalue weighted by atomic mass is 15.1. The molecule has 0 saturated heterocycles. The Morgan fingerprint density at radius 2 is 1.93 bits per heavy atom. The molecule has 0 bridgehead atoms. The van der Waals surface area contributed by atoms with Crippen LogP contribution in [0.15, 0.2) is 24.7 Å². The van der Waals surface area contributed by atoms with Crippen molar-refractivity contribution in [3.63, 3.8) is 0 Å². The van der Waals surface area contributed by atoms with Gasteiger partial charge in [0.2, 0.25) is 5.78 Å². The summed E-state index contributed by atoms with van der Waals surface area (Å²) in [5.74, 6) is 1.27. The molecular weight excluding hydrogens is 174 g/mol. The fourth-order valence-electron chi connectivity index (χ4n) is 1.27. The molecule has 0 amide bonds. The Morgan fingerprint density at radius 1 is 1.21 bits per heavy atom. The average molecular weight is 191 g/mol. The predicted octanol–water partition coefficient (Wildman–Crippen LogP) is 2.88. The van der Waals surface area contributed by atoms with Crippen molar-refractivity contribution in [1.82, 2.24) is 14.4 Å². The quantitative estimate of drug-likeness (QED) is 0.693. The highest BCUT2D eigenvalue weighted by Crippen LogP contribution is 2.14. The Labute approximate surface area is 84.8 Å². The molecule has 0 atom stereocenters. The van der Waals surface area contributed by atoms with E-state index in [4.69, 9.17) is 0 Å². The number of fused-ring (bicyclic) bond motifs is 1. The molecular formula is C11H17N3. The van der Waals surface area contributed by atoms with E-state index < -0.39 is 0 Å². The van der Waals surface area contributed by atoms with Gasteiger partial charge in [0.25, 0.3) is 0 Å². The minimum atomic E-state index is 0.490. The van der Waals surface area contributed by atoms with E-state index in [1.54, 1.807) is 6.20 Å². The van der Waals surface area contributed by atoms with Crippen molar-refractivity contribution in [3.05, 3.63) is 30.4 Å². The lowest BCUT2D eigenvalue weighted by molar-refractivity contribution is 0.805. The fraction of sp³-hybridized carbons (Fsp3) is 0.455. The first-order chi connectivity index (χ1) is 6.79. The second kappa shape index (κ2) is 4.74. The summed E-state index contributed by atoms with van der Waals surface area (Å²) in [6.07, 6.45) is 5.63. The first-order valence-electron chi connectivity index (χ1n) is 5.07. The van der Waals surface area contributed by atoms with Crippen molar-refractivity contribution in [3.8, 4) is 0 Å². The summed E-state index contributed by atoms with van der Waals surface area (Å²) >= 11 is 0. The molecule has 2 rings (SSSR count). The van der Waals surface area contributed by atoms with Gasteiger partial charge in [0.05, 0.1) is 6.20 Å². The number of rotatable bonds is 1. The summed E-state index contributed by atoms with van der Waals surface area (Å²) in [5.41, 5.74) is 1.21. The van der Waals surface area contributed by atoms with Gasteiger partial charge in [0, 0.05) is 18.1 Å². The van der Waals surface area contributed by atoms with Crippen molar-refractivity contribution in [2.45, 2.75) is 33.6 Å². The Kier molecular flexibility index (Phi) is 3.63. The van der Waals surface area contributed by atoms with Crippen molar-refractivity contribution in [1.29, 1.82) is 0 Å². The highest BCUT2D eigenvalue weighted by molar-refractivity contribution is 5.31. The van der Waals surface area contributed by atoms with Crippen LogP contribution in [0.3, 0.4) is 0 Å². The largest absolute Gasteiger partial charge is 0.288 e. The van der Waals surface area contributed by atoms with Gasteiger partial charge in [-0.3, -0.25) is 4.40 Å². The molecule has 3 nitrogen and oxygen atoms in total. The number of nitrogens with zero attached hydrogens (tertiary/aromatic N) is 3. The lowest BCUT2D eigenvalue weighted by Crippen LogP contribution is -1.94. The van der Waals surface area contributed by atoms with Gasteiger partial charge in [-0.25, -0.2) is 9.97 Å². The third kappa shape index (κ3) is 1.92. The van der Waals surface area contributed by atoms with Crippen LogP contribution < -0.4 is 0 Å². The summed E-state index contributed by atoms with van der Waals surface area (Å²) in [4.78, 5) is 8.33. The van der Waals surface area contributed by atoms with Crippen LogP contribution in [0.1, 0.15) is 39.3 Å². The van der Waals surface area contributed by atoms with Gasteiger partial charge in [-0.15, -0.1) is 0 Å². The van der Waals surface area contributed by atoms with E-state index >= 15 is 0 Å². The summed E-state index contributed by atoms with van der Waals surface area (Å²) in [6, 6.07) is 1.92. The van der Waals surface area contributed by atoms with Crippen LogP contribution in [-0.2, 0) is 0 Å². The van der Waals surface area contributed by atoms with Crippen LogP contribution in [0, 0.1) is 0 Å². The molecule has 0 radical (unpaired) electrons. The third-order valence-electron chi connectivity index (χ3n) is 1.91. The van der Waals surface area contributed by atoms with E-state index in [0.29, 0.717) is 5.92 Å². The van der Waals surface area contributed by atoms with Crippen LogP contribution in [0.5, 0.6) is 0 Å². The molecule has 3 heteroatoms. The van der Waals surface area contributed by atoms with Crippen LogP contribution in [0.25, 0.3) is 5.78 Å². The molecule has 0 aliphatic rings. The van der Waals surface area contributed by atoms with Crippen molar-refractivity contribution >= 4 is 5.78 Å². The smallest absolute Gasteiger partial charge is 0.233 e. The first-order valence-corrected chi connectivity index (χ1v) is 5.07. The van der Waals surface area contributed by atoms with Crippen molar-refractivity contribution in [2.75, 3.05) is 0 Å². The third-order valence-corrected chi connectivity index (χ3v) is 1.91. The van der Waals surface area contributed by atoms with Gasteiger partial charge in [0.15, 0.2) is 0 Å². The molecule has 0 fully saturated rings. The summed E-state index contributed by atoms with van der Waals surface area (Å²) < 4.78 is 2.02. The van der Waals surface area contributed by atoms with Crippen LogP contribution in [0.2, 0.25) is 0 Å². The van der Waals surface area contributed by atoms with E-state index in [1.165, 1.54) is 5.69 Å². The average Bonchev–Trinajstić information content (AvgIpc) is 2.64. The van der Waals surface area contributed by atoms with Crippen LogP contribution in [-0.4, -0.2) is 14.4 Å². The summed E-state index contributed by atoms with van der Waals surface area (Å²) in [7, 11) is 0. The standard InChI is InChI=1S/C9H11N3.C2H6/c1-7(2)8-6-11-9-10-4-3-5-12(8)9;1-2/h3-7H,1-2H3;1-2H3. The van der Waals surface area contributed by atoms with Gasteiger partial charge < -0.3 is 0 Å². The van der Waals surface area contributed by atoms with Gasteiger partial charge in [-0.2, -0.15) is 0 Å². The zero-order valence-electron chi connectivity index (χ0n) is 9.23. The number of aromatic nitrogens is 3. The number of hydrogen-bond acceptors (Lipinski definition) is 2. The van der Waals surface area contributed by atoms with Gasteiger partial charge in [-0.1, -0.05) is 27.7 Å². The van der Waals surface area contributed by atoms with Crippen LogP contribution in [0.4, 0.5) is 0 Å². The predicted molar refractivity (Wildman–Crippen MR) is 58.4 cm³/mol. The molecule has 0 N–H and O–H groups in total. The van der Waals surface area contributed by atoms with E-state index in [9.17, 15) is 0 Å². The lowest BCUT2D eigenvalue weighted by atomic mass is 10.1. The normalized spacial score (nSPS) is 10.1. The molecule has 0 saturated carbocycles.